The molecule has 2 N–H and O–H groups in total. The molecule has 2 aromatic rings. The van der Waals surface area contributed by atoms with Crippen molar-refractivity contribution in [2.75, 3.05) is 17.7 Å². The maximum atomic E-state index is 5.34. The quantitative estimate of drug-likeness (QED) is 0.822. The second-order valence-electron chi connectivity index (χ2n) is 3.38. The van der Waals surface area contributed by atoms with Crippen LogP contribution in [0.1, 0.15) is 11.7 Å². The van der Waals surface area contributed by atoms with Gasteiger partial charge in [0.05, 0.1) is 12.7 Å². The van der Waals surface area contributed by atoms with Gasteiger partial charge in [-0.15, -0.1) is 0 Å². The van der Waals surface area contributed by atoms with Crippen LogP contribution in [0.3, 0.4) is 0 Å². The number of oxazole rings is 1. The molecule has 0 aliphatic rings. The van der Waals surface area contributed by atoms with E-state index in [0.717, 1.165) is 17.4 Å². The minimum Gasteiger partial charge on any atom is -0.444 e. The van der Waals surface area contributed by atoms with Gasteiger partial charge in [0.25, 0.3) is 0 Å². The van der Waals surface area contributed by atoms with E-state index in [1.807, 2.05) is 32.2 Å². The predicted octanol–water partition coefficient (Wildman–Crippen LogP) is 2.03. The first-order chi connectivity index (χ1) is 7.78. The number of pyridine rings is 1. The molecule has 0 bridgehead atoms. The van der Waals surface area contributed by atoms with Crippen molar-refractivity contribution < 1.29 is 4.42 Å². The molecule has 16 heavy (non-hydrogen) atoms. The van der Waals surface area contributed by atoms with Gasteiger partial charge in [-0.3, -0.25) is 0 Å². The Morgan fingerprint density at radius 1 is 1.31 bits per heavy atom. The van der Waals surface area contributed by atoms with Crippen LogP contribution in [0.25, 0.3) is 0 Å². The van der Waals surface area contributed by atoms with Crippen LogP contribution in [0.5, 0.6) is 0 Å². The van der Waals surface area contributed by atoms with E-state index >= 15 is 0 Å². The van der Waals surface area contributed by atoms with E-state index in [1.165, 1.54) is 0 Å². The SMILES string of the molecule is CNc1cccc(NCc2ncc(C)o2)n1. The van der Waals surface area contributed by atoms with E-state index in [-0.39, 0.29) is 0 Å². The summed E-state index contributed by atoms with van der Waals surface area (Å²) in [5.41, 5.74) is 0. The molecule has 0 aliphatic heterocycles. The summed E-state index contributed by atoms with van der Waals surface area (Å²) in [6, 6.07) is 5.74. The van der Waals surface area contributed by atoms with Gasteiger partial charge in [-0.05, 0) is 19.1 Å². The van der Waals surface area contributed by atoms with E-state index in [1.54, 1.807) is 6.20 Å². The zero-order chi connectivity index (χ0) is 11.4. The lowest BCUT2D eigenvalue weighted by Crippen LogP contribution is -2.02. The first-order valence-electron chi connectivity index (χ1n) is 5.08. The molecule has 2 heterocycles. The molecule has 0 amide bonds. The van der Waals surface area contributed by atoms with Gasteiger partial charge in [-0.2, -0.15) is 0 Å². The predicted molar refractivity (Wildman–Crippen MR) is 62.4 cm³/mol. The number of rotatable bonds is 4. The first kappa shape index (κ1) is 10.5. The maximum absolute atomic E-state index is 5.34. The molecular weight excluding hydrogens is 204 g/mol. The number of nitrogens with zero attached hydrogens (tertiary/aromatic N) is 2. The maximum Gasteiger partial charge on any atom is 0.213 e. The van der Waals surface area contributed by atoms with Crippen molar-refractivity contribution in [1.29, 1.82) is 0 Å². The van der Waals surface area contributed by atoms with Crippen LogP contribution in [-0.4, -0.2) is 17.0 Å². The standard InChI is InChI=1S/C11H14N4O/c1-8-6-14-11(16-8)7-13-10-5-3-4-9(12-2)15-10/h3-6H,7H2,1-2H3,(H2,12,13,15). The Labute approximate surface area is 93.9 Å². The average Bonchev–Trinajstić information content (AvgIpc) is 2.73. The number of hydrogen-bond donors (Lipinski definition) is 2. The molecule has 0 saturated heterocycles. The molecule has 0 fully saturated rings. The van der Waals surface area contributed by atoms with Crippen molar-refractivity contribution in [2.45, 2.75) is 13.5 Å². The second kappa shape index (κ2) is 4.65. The molecule has 0 unspecified atom stereocenters. The van der Waals surface area contributed by atoms with Crippen LogP contribution >= 0.6 is 0 Å². The van der Waals surface area contributed by atoms with Crippen molar-refractivity contribution in [1.82, 2.24) is 9.97 Å². The number of aryl methyl sites for hydroxylation is 1. The number of nitrogens with one attached hydrogen (secondary N) is 2. The van der Waals surface area contributed by atoms with Gasteiger partial charge in [0.2, 0.25) is 5.89 Å². The third-order valence-electron chi connectivity index (χ3n) is 2.10. The normalized spacial score (nSPS) is 10.1. The highest BCUT2D eigenvalue weighted by atomic mass is 16.4. The van der Waals surface area contributed by atoms with Crippen molar-refractivity contribution >= 4 is 11.6 Å². The first-order valence-corrected chi connectivity index (χ1v) is 5.08. The fraction of sp³-hybridized carbons (Fsp3) is 0.273. The van der Waals surface area contributed by atoms with Crippen LogP contribution in [-0.2, 0) is 6.54 Å². The van der Waals surface area contributed by atoms with Gasteiger partial charge >= 0.3 is 0 Å². The number of aromatic nitrogens is 2. The minimum atomic E-state index is 0.536. The fourth-order valence-corrected chi connectivity index (χ4v) is 1.32. The lowest BCUT2D eigenvalue weighted by Gasteiger charge is -2.04. The molecule has 0 atom stereocenters. The van der Waals surface area contributed by atoms with E-state index in [0.29, 0.717) is 12.4 Å². The van der Waals surface area contributed by atoms with Crippen LogP contribution in [0, 0.1) is 6.92 Å². The largest absolute Gasteiger partial charge is 0.444 e. The Morgan fingerprint density at radius 3 is 2.81 bits per heavy atom. The summed E-state index contributed by atoms with van der Waals surface area (Å²) in [5, 5.41) is 6.12. The third-order valence-corrected chi connectivity index (χ3v) is 2.10. The highest BCUT2D eigenvalue weighted by molar-refractivity contribution is 5.44. The average molecular weight is 218 g/mol. The Hall–Kier alpha value is -2.04. The lowest BCUT2D eigenvalue weighted by atomic mass is 10.4. The van der Waals surface area contributed by atoms with Gasteiger partial charge in [0, 0.05) is 7.05 Å². The highest BCUT2D eigenvalue weighted by Crippen LogP contribution is 2.10. The summed E-state index contributed by atoms with van der Waals surface area (Å²) in [7, 11) is 1.84. The fourth-order valence-electron chi connectivity index (χ4n) is 1.32. The van der Waals surface area contributed by atoms with E-state index < -0.39 is 0 Å². The molecule has 5 nitrogen and oxygen atoms in total. The van der Waals surface area contributed by atoms with Crippen LogP contribution in [0.2, 0.25) is 0 Å². The Bertz CT molecular complexity index is 467. The van der Waals surface area contributed by atoms with Crippen molar-refractivity contribution in [2.24, 2.45) is 0 Å². The van der Waals surface area contributed by atoms with E-state index in [2.05, 4.69) is 20.6 Å². The molecule has 2 rings (SSSR count). The number of anilines is 2. The van der Waals surface area contributed by atoms with Crippen molar-refractivity contribution in [3.8, 4) is 0 Å². The molecule has 0 aliphatic carbocycles. The summed E-state index contributed by atoms with van der Waals surface area (Å²) < 4.78 is 5.34. The Kier molecular flexibility index (Phi) is 3.05. The van der Waals surface area contributed by atoms with Crippen molar-refractivity contribution in [3.05, 3.63) is 36.0 Å². The van der Waals surface area contributed by atoms with Crippen LogP contribution in [0.15, 0.2) is 28.8 Å². The molecular formula is C11H14N4O. The zero-order valence-corrected chi connectivity index (χ0v) is 9.32. The number of hydrogen-bond acceptors (Lipinski definition) is 5. The Balaban J connectivity index is 1.99. The van der Waals surface area contributed by atoms with Gasteiger partial charge in [-0.1, -0.05) is 6.07 Å². The summed E-state index contributed by atoms with van der Waals surface area (Å²) in [4.78, 5) is 8.42. The lowest BCUT2D eigenvalue weighted by molar-refractivity contribution is 0.479. The topological polar surface area (TPSA) is 63.0 Å². The molecule has 5 heteroatoms. The van der Waals surface area contributed by atoms with Gasteiger partial charge < -0.3 is 15.1 Å². The molecule has 0 spiro atoms. The van der Waals surface area contributed by atoms with E-state index in [9.17, 15) is 0 Å². The molecule has 2 aromatic heterocycles. The van der Waals surface area contributed by atoms with Crippen LogP contribution < -0.4 is 10.6 Å². The van der Waals surface area contributed by atoms with Crippen LogP contribution in [0.4, 0.5) is 11.6 Å². The highest BCUT2D eigenvalue weighted by Gasteiger charge is 2.01. The summed E-state index contributed by atoms with van der Waals surface area (Å²) in [6.07, 6.45) is 1.70. The minimum absolute atomic E-state index is 0.536. The zero-order valence-electron chi connectivity index (χ0n) is 9.32. The van der Waals surface area contributed by atoms with E-state index in [4.69, 9.17) is 4.42 Å². The van der Waals surface area contributed by atoms with Gasteiger partial charge in [0.1, 0.15) is 17.4 Å². The third kappa shape index (κ3) is 2.50. The monoisotopic (exact) mass is 218 g/mol. The summed E-state index contributed by atoms with van der Waals surface area (Å²) in [5.74, 6) is 3.10. The Morgan fingerprint density at radius 2 is 2.12 bits per heavy atom. The van der Waals surface area contributed by atoms with Gasteiger partial charge in [-0.25, -0.2) is 9.97 Å². The van der Waals surface area contributed by atoms with Gasteiger partial charge in [0.15, 0.2) is 0 Å². The molecule has 0 saturated carbocycles. The second-order valence-corrected chi connectivity index (χ2v) is 3.38. The molecule has 0 radical (unpaired) electrons. The smallest absolute Gasteiger partial charge is 0.213 e. The summed E-state index contributed by atoms with van der Waals surface area (Å²) >= 11 is 0. The molecule has 0 aromatic carbocycles. The molecule has 84 valence electrons. The summed E-state index contributed by atoms with van der Waals surface area (Å²) in [6.45, 7) is 2.41. The van der Waals surface area contributed by atoms with Crippen molar-refractivity contribution in [3.63, 3.8) is 0 Å².